The van der Waals surface area contributed by atoms with Crippen LogP contribution in [0.3, 0.4) is 0 Å². The fraction of sp³-hybridized carbons (Fsp3) is 0.450. The van der Waals surface area contributed by atoms with E-state index < -0.39 is 6.04 Å². The van der Waals surface area contributed by atoms with Crippen LogP contribution in [0, 0.1) is 5.82 Å². The van der Waals surface area contributed by atoms with Crippen LogP contribution in [0.1, 0.15) is 48.7 Å². The first kappa shape index (κ1) is 19.9. The molecule has 0 spiro atoms. The summed E-state index contributed by atoms with van der Waals surface area (Å²) in [5, 5.41) is 2.93. The molecular weight excluding hydrogens is 363 g/mol. The smallest absolute Gasteiger partial charge is 0.318 e. The molecule has 2 amide bonds. The quantitative estimate of drug-likeness (QED) is 0.564. The topological polar surface area (TPSA) is 87.3 Å². The van der Waals surface area contributed by atoms with Crippen LogP contribution in [0.4, 0.5) is 9.18 Å². The van der Waals surface area contributed by atoms with Crippen molar-refractivity contribution in [1.82, 2.24) is 20.2 Å². The highest BCUT2D eigenvalue weighted by atomic mass is 19.1. The number of imidazole rings is 1. The number of ether oxygens (including phenoxy) is 1. The molecule has 2 aromatic rings. The molecule has 1 unspecified atom stereocenters. The Morgan fingerprint density at radius 2 is 2.21 bits per heavy atom. The first-order valence-electron chi connectivity index (χ1n) is 9.49. The number of H-pyrrole nitrogens is 1. The third kappa shape index (κ3) is 4.68. The third-order valence-electron chi connectivity index (χ3n) is 4.91. The largest absolute Gasteiger partial charge is 0.469 e. The Morgan fingerprint density at radius 1 is 1.36 bits per heavy atom. The second kappa shape index (κ2) is 9.34. The standard InChI is InChI=1S/C20H25FN4O3/c1-28-17(26)8-3-2-4-10-22-20(27)25-11-9-16-18(24-13-23-16)19(25)14-6-5-7-15(21)12-14/h5-7,12-13,19H,2-4,8-11H2,1H3,(H,22,27)(H,23,24). The van der Waals surface area contributed by atoms with Crippen molar-refractivity contribution in [1.29, 1.82) is 0 Å². The summed E-state index contributed by atoms with van der Waals surface area (Å²) in [6.45, 7) is 1.03. The molecule has 0 bridgehead atoms. The lowest BCUT2D eigenvalue weighted by molar-refractivity contribution is -0.140. The molecule has 7 nitrogen and oxygen atoms in total. The molecule has 1 aliphatic heterocycles. The lowest BCUT2D eigenvalue weighted by Gasteiger charge is -2.35. The summed E-state index contributed by atoms with van der Waals surface area (Å²) in [5.41, 5.74) is 2.42. The summed E-state index contributed by atoms with van der Waals surface area (Å²) in [6, 6.07) is 5.66. The molecule has 1 aliphatic rings. The van der Waals surface area contributed by atoms with Crippen molar-refractivity contribution in [3.05, 3.63) is 53.4 Å². The molecule has 0 fully saturated rings. The average Bonchev–Trinajstić information content (AvgIpc) is 3.18. The number of benzene rings is 1. The maximum Gasteiger partial charge on any atom is 0.318 e. The van der Waals surface area contributed by atoms with Crippen LogP contribution in [0.25, 0.3) is 0 Å². The van der Waals surface area contributed by atoms with E-state index >= 15 is 0 Å². The Morgan fingerprint density at radius 3 is 3.00 bits per heavy atom. The highest BCUT2D eigenvalue weighted by Gasteiger charge is 2.34. The maximum absolute atomic E-state index is 13.8. The van der Waals surface area contributed by atoms with E-state index in [0.717, 1.165) is 30.7 Å². The van der Waals surface area contributed by atoms with Crippen LogP contribution < -0.4 is 5.32 Å². The molecule has 8 heteroatoms. The van der Waals surface area contributed by atoms with Gasteiger partial charge in [0, 0.05) is 31.6 Å². The number of fused-ring (bicyclic) bond motifs is 1. The predicted molar refractivity (Wildman–Crippen MR) is 101 cm³/mol. The summed E-state index contributed by atoms with van der Waals surface area (Å²) < 4.78 is 18.4. The second-order valence-corrected chi connectivity index (χ2v) is 6.79. The van der Waals surface area contributed by atoms with E-state index in [1.165, 1.54) is 19.2 Å². The number of urea groups is 1. The van der Waals surface area contributed by atoms with Crippen molar-refractivity contribution >= 4 is 12.0 Å². The lowest BCUT2D eigenvalue weighted by Crippen LogP contribution is -2.46. The molecule has 28 heavy (non-hydrogen) atoms. The Balaban J connectivity index is 1.61. The van der Waals surface area contributed by atoms with Gasteiger partial charge in [-0.15, -0.1) is 0 Å². The van der Waals surface area contributed by atoms with E-state index in [-0.39, 0.29) is 17.8 Å². The Labute approximate surface area is 163 Å². The Hall–Kier alpha value is -2.90. The predicted octanol–water partition coefficient (Wildman–Crippen LogP) is 2.94. The number of carbonyl (C=O) groups excluding carboxylic acids is 2. The minimum atomic E-state index is -0.426. The first-order valence-corrected chi connectivity index (χ1v) is 9.49. The fourth-order valence-corrected chi connectivity index (χ4v) is 3.48. The zero-order chi connectivity index (χ0) is 19.9. The molecule has 0 saturated heterocycles. The van der Waals surface area contributed by atoms with Gasteiger partial charge in [0.15, 0.2) is 0 Å². The number of hydrogen-bond acceptors (Lipinski definition) is 4. The monoisotopic (exact) mass is 388 g/mol. The number of nitrogens with zero attached hydrogens (tertiary/aromatic N) is 2. The molecular formula is C20H25FN4O3. The minimum absolute atomic E-state index is 0.198. The summed E-state index contributed by atoms with van der Waals surface area (Å²) >= 11 is 0. The number of aromatic nitrogens is 2. The minimum Gasteiger partial charge on any atom is -0.469 e. The van der Waals surface area contributed by atoms with Gasteiger partial charge in [-0.3, -0.25) is 4.79 Å². The van der Waals surface area contributed by atoms with Crippen molar-refractivity contribution in [2.75, 3.05) is 20.2 Å². The molecule has 1 aromatic heterocycles. The normalized spacial score (nSPS) is 15.8. The summed E-state index contributed by atoms with van der Waals surface area (Å²) in [6.07, 6.45) is 5.00. The second-order valence-electron chi connectivity index (χ2n) is 6.79. The van der Waals surface area contributed by atoms with E-state index in [9.17, 15) is 14.0 Å². The molecule has 150 valence electrons. The number of halogens is 1. The van der Waals surface area contributed by atoms with Crippen LogP contribution in [-0.2, 0) is 16.0 Å². The summed E-state index contributed by atoms with van der Waals surface area (Å²) in [5.74, 6) is -0.559. The zero-order valence-corrected chi connectivity index (χ0v) is 15.9. The van der Waals surface area contributed by atoms with E-state index in [1.54, 1.807) is 17.3 Å². The van der Waals surface area contributed by atoms with Crippen LogP contribution in [-0.4, -0.2) is 47.1 Å². The van der Waals surface area contributed by atoms with Crippen molar-refractivity contribution in [2.45, 2.75) is 38.1 Å². The highest BCUT2D eigenvalue weighted by Crippen LogP contribution is 2.33. The molecule has 1 aromatic carbocycles. The van der Waals surface area contributed by atoms with Gasteiger partial charge in [-0.05, 0) is 30.5 Å². The maximum atomic E-state index is 13.8. The van der Waals surface area contributed by atoms with E-state index in [2.05, 4.69) is 20.0 Å². The van der Waals surface area contributed by atoms with Gasteiger partial charge in [0.05, 0.1) is 19.1 Å². The summed E-state index contributed by atoms with van der Waals surface area (Å²) in [4.78, 5) is 33.1. The number of hydrogen-bond donors (Lipinski definition) is 2. The fourth-order valence-electron chi connectivity index (χ4n) is 3.48. The van der Waals surface area contributed by atoms with Gasteiger partial charge in [-0.2, -0.15) is 0 Å². The highest BCUT2D eigenvalue weighted by molar-refractivity contribution is 5.75. The van der Waals surface area contributed by atoms with Crippen molar-refractivity contribution in [3.8, 4) is 0 Å². The lowest BCUT2D eigenvalue weighted by atomic mass is 9.96. The molecule has 3 rings (SSSR count). The van der Waals surface area contributed by atoms with Gasteiger partial charge in [0.1, 0.15) is 11.9 Å². The van der Waals surface area contributed by atoms with Crippen molar-refractivity contribution in [3.63, 3.8) is 0 Å². The summed E-state index contributed by atoms with van der Waals surface area (Å²) in [7, 11) is 1.38. The van der Waals surface area contributed by atoms with Gasteiger partial charge >= 0.3 is 12.0 Å². The molecule has 0 radical (unpaired) electrons. The molecule has 2 heterocycles. The number of aromatic amines is 1. The number of carbonyl (C=O) groups is 2. The number of unbranched alkanes of at least 4 members (excludes halogenated alkanes) is 2. The van der Waals surface area contributed by atoms with Gasteiger partial charge in [0.2, 0.25) is 0 Å². The SMILES string of the molecule is COC(=O)CCCCCNC(=O)N1CCc2[nH]cnc2C1c1cccc(F)c1. The van der Waals surface area contributed by atoms with Gasteiger partial charge in [-0.1, -0.05) is 18.6 Å². The van der Waals surface area contributed by atoms with E-state index in [1.807, 2.05) is 6.07 Å². The average molecular weight is 388 g/mol. The number of esters is 1. The van der Waals surface area contributed by atoms with Crippen molar-refractivity contribution < 1.29 is 18.7 Å². The van der Waals surface area contributed by atoms with Crippen molar-refractivity contribution in [2.24, 2.45) is 0 Å². The molecule has 1 atom stereocenters. The van der Waals surface area contributed by atoms with Gasteiger partial charge < -0.3 is 19.9 Å². The van der Waals surface area contributed by atoms with Crippen LogP contribution in [0.2, 0.25) is 0 Å². The number of methoxy groups -OCH3 is 1. The molecule has 0 aliphatic carbocycles. The van der Waals surface area contributed by atoms with Gasteiger partial charge in [-0.25, -0.2) is 14.2 Å². The Bertz CT molecular complexity index is 823. The zero-order valence-electron chi connectivity index (χ0n) is 15.9. The van der Waals surface area contributed by atoms with Crippen LogP contribution >= 0.6 is 0 Å². The number of rotatable bonds is 7. The Kier molecular flexibility index (Phi) is 6.62. The number of nitrogens with one attached hydrogen (secondary N) is 2. The molecule has 2 N–H and O–H groups in total. The van der Waals surface area contributed by atoms with E-state index in [4.69, 9.17) is 0 Å². The first-order chi connectivity index (χ1) is 13.6. The van der Waals surface area contributed by atoms with Crippen LogP contribution in [0.5, 0.6) is 0 Å². The van der Waals surface area contributed by atoms with Gasteiger partial charge in [0.25, 0.3) is 0 Å². The van der Waals surface area contributed by atoms with E-state index in [0.29, 0.717) is 31.5 Å². The number of amides is 2. The third-order valence-corrected chi connectivity index (χ3v) is 4.91. The molecule has 0 saturated carbocycles. The van der Waals surface area contributed by atoms with Crippen LogP contribution in [0.15, 0.2) is 30.6 Å².